The second-order valence-electron chi connectivity index (χ2n) is 3.67. The number of aryl methyl sites for hydroxylation is 1. The van der Waals surface area contributed by atoms with Crippen molar-refractivity contribution in [1.29, 1.82) is 0 Å². The minimum atomic E-state index is 0.915. The van der Waals surface area contributed by atoms with E-state index in [1.807, 2.05) is 6.07 Å². The second-order valence-corrected chi connectivity index (χ2v) is 3.67. The van der Waals surface area contributed by atoms with Crippen molar-refractivity contribution in [3.63, 3.8) is 0 Å². The van der Waals surface area contributed by atoms with Gasteiger partial charge in [0.15, 0.2) is 0 Å². The molecule has 0 aromatic heterocycles. The minimum absolute atomic E-state index is 0.915. The average Bonchev–Trinajstić information content (AvgIpc) is 2.13. The summed E-state index contributed by atoms with van der Waals surface area (Å²) in [4.78, 5) is 0. The van der Waals surface area contributed by atoms with Crippen molar-refractivity contribution in [3.8, 4) is 0 Å². The Morgan fingerprint density at radius 2 is 1.85 bits per heavy atom. The summed E-state index contributed by atoms with van der Waals surface area (Å²) < 4.78 is 0. The van der Waals surface area contributed by atoms with Crippen molar-refractivity contribution in [1.82, 2.24) is 0 Å². The molecule has 0 atom stereocenters. The zero-order chi connectivity index (χ0) is 9.84. The van der Waals surface area contributed by atoms with Gasteiger partial charge in [0.05, 0.1) is 0 Å². The summed E-state index contributed by atoms with van der Waals surface area (Å²) in [6, 6.07) is 4.18. The predicted molar refractivity (Wildman–Crippen MR) is 58.9 cm³/mol. The van der Waals surface area contributed by atoms with Crippen LogP contribution in [-0.4, -0.2) is 0 Å². The molecule has 0 amide bonds. The summed E-state index contributed by atoms with van der Waals surface area (Å²) in [6.07, 6.45) is 3.70. The van der Waals surface area contributed by atoms with Gasteiger partial charge in [0.2, 0.25) is 0 Å². The Morgan fingerprint density at radius 1 is 1.15 bits per heavy atom. The van der Waals surface area contributed by atoms with Gasteiger partial charge in [-0.25, -0.2) is 0 Å². The molecular weight excluding hydrogens is 158 g/mol. The monoisotopic (exact) mass is 177 g/mol. The van der Waals surface area contributed by atoms with Crippen LogP contribution in [0.2, 0.25) is 0 Å². The van der Waals surface area contributed by atoms with E-state index in [1.165, 1.54) is 36.0 Å². The number of anilines is 1. The average molecular weight is 177 g/mol. The zero-order valence-corrected chi connectivity index (χ0v) is 8.85. The van der Waals surface area contributed by atoms with Crippen LogP contribution in [0.5, 0.6) is 0 Å². The highest BCUT2D eigenvalue weighted by molar-refractivity contribution is 5.52. The largest absolute Gasteiger partial charge is 0.399 e. The lowest BCUT2D eigenvalue weighted by atomic mass is 9.98. The standard InChI is InChI=1S/C12H19N/c1-4-5-6-11-7-8-12(13)10(3)9(11)2/h7-8H,4-6,13H2,1-3H3. The number of hydrogen-bond acceptors (Lipinski definition) is 1. The molecule has 1 nitrogen and oxygen atoms in total. The number of rotatable bonds is 3. The third-order valence-corrected chi connectivity index (χ3v) is 2.74. The normalized spacial score (nSPS) is 10.4. The molecule has 0 saturated heterocycles. The number of nitrogens with two attached hydrogens (primary N) is 1. The van der Waals surface area contributed by atoms with Gasteiger partial charge in [-0.05, 0) is 49.4 Å². The lowest BCUT2D eigenvalue weighted by molar-refractivity contribution is 0.790. The fraction of sp³-hybridized carbons (Fsp3) is 0.500. The molecule has 13 heavy (non-hydrogen) atoms. The fourth-order valence-corrected chi connectivity index (χ4v) is 1.54. The summed E-state index contributed by atoms with van der Waals surface area (Å²) in [7, 11) is 0. The van der Waals surface area contributed by atoms with Gasteiger partial charge in [0.1, 0.15) is 0 Å². The predicted octanol–water partition coefficient (Wildman–Crippen LogP) is 3.23. The Kier molecular flexibility index (Phi) is 3.35. The highest BCUT2D eigenvalue weighted by Gasteiger charge is 2.02. The van der Waals surface area contributed by atoms with Crippen LogP contribution < -0.4 is 5.73 Å². The molecule has 0 aliphatic carbocycles. The van der Waals surface area contributed by atoms with Gasteiger partial charge >= 0.3 is 0 Å². The molecule has 0 aliphatic rings. The second kappa shape index (κ2) is 4.31. The minimum Gasteiger partial charge on any atom is -0.399 e. The Morgan fingerprint density at radius 3 is 2.46 bits per heavy atom. The van der Waals surface area contributed by atoms with Crippen molar-refractivity contribution in [2.75, 3.05) is 5.73 Å². The Hall–Kier alpha value is -0.980. The molecule has 0 radical (unpaired) electrons. The van der Waals surface area contributed by atoms with E-state index < -0.39 is 0 Å². The molecule has 0 spiro atoms. The summed E-state index contributed by atoms with van der Waals surface area (Å²) in [5, 5.41) is 0. The molecule has 72 valence electrons. The molecular formula is C12H19N. The van der Waals surface area contributed by atoms with Crippen LogP contribution in [0.4, 0.5) is 5.69 Å². The van der Waals surface area contributed by atoms with Crippen molar-refractivity contribution in [3.05, 3.63) is 28.8 Å². The molecule has 1 rings (SSSR count). The van der Waals surface area contributed by atoms with Crippen molar-refractivity contribution >= 4 is 5.69 Å². The maximum Gasteiger partial charge on any atom is 0.0346 e. The first-order chi connectivity index (χ1) is 6.16. The third kappa shape index (κ3) is 2.24. The van der Waals surface area contributed by atoms with Crippen LogP contribution in [0.15, 0.2) is 12.1 Å². The van der Waals surface area contributed by atoms with Crippen LogP contribution in [0.3, 0.4) is 0 Å². The summed E-state index contributed by atoms with van der Waals surface area (Å²) in [5.41, 5.74) is 10.8. The van der Waals surface area contributed by atoms with E-state index in [-0.39, 0.29) is 0 Å². The summed E-state index contributed by atoms with van der Waals surface area (Å²) in [5.74, 6) is 0. The van der Waals surface area contributed by atoms with Crippen LogP contribution in [-0.2, 0) is 6.42 Å². The van der Waals surface area contributed by atoms with E-state index in [4.69, 9.17) is 5.73 Å². The maximum absolute atomic E-state index is 5.82. The number of hydrogen-bond donors (Lipinski definition) is 1. The smallest absolute Gasteiger partial charge is 0.0346 e. The van der Waals surface area contributed by atoms with E-state index >= 15 is 0 Å². The molecule has 0 aliphatic heterocycles. The Bertz CT molecular complexity index is 289. The van der Waals surface area contributed by atoms with Crippen LogP contribution in [0, 0.1) is 13.8 Å². The lowest BCUT2D eigenvalue weighted by Crippen LogP contribution is -1.97. The SMILES string of the molecule is CCCCc1ccc(N)c(C)c1C. The van der Waals surface area contributed by atoms with E-state index in [0.29, 0.717) is 0 Å². The van der Waals surface area contributed by atoms with E-state index in [2.05, 4.69) is 26.8 Å². The van der Waals surface area contributed by atoms with Gasteiger partial charge in [0, 0.05) is 5.69 Å². The van der Waals surface area contributed by atoms with Gasteiger partial charge in [-0.15, -0.1) is 0 Å². The number of unbranched alkanes of at least 4 members (excludes halogenated alkanes) is 1. The lowest BCUT2D eigenvalue weighted by Gasteiger charge is -2.10. The fourth-order valence-electron chi connectivity index (χ4n) is 1.54. The molecule has 0 saturated carbocycles. The molecule has 0 bridgehead atoms. The third-order valence-electron chi connectivity index (χ3n) is 2.74. The van der Waals surface area contributed by atoms with E-state index in [9.17, 15) is 0 Å². The highest BCUT2D eigenvalue weighted by Crippen LogP contribution is 2.20. The van der Waals surface area contributed by atoms with E-state index in [1.54, 1.807) is 0 Å². The van der Waals surface area contributed by atoms with Crippen molar-refractivity contribution in [2.24, 2.45) is 0 Å². The molecule has 1 aromatic carbocycles. The first kappa shape index (κ1) is 10.1. The molecule has 0 unspecified atom stereocenters. The topological polar surface area (TPSA) is 26.0 Å². The molecule has 1 heteroatoms. The zero-order valence-electron chi connectivity index (χ0n) is 8.85. The molecule has 0 heterocycles. The van der Waals surface area contributed by atoms with Crippen LogP contribution >= 0.6 is 0 Å². The van der Waals surface area contributed by atoms with Crippen LogP contribution in [0.1, 0.15) is 36.5 Å². The quantitative estimate of drug-likeness (QED) is 0.705. The molecule has 1 aromatic rings. The molecule has 0 fully saturated rings. The number of benzene rings is 1. The summed E-state index contributed by atoms with van der Waals surface area (Å²) in [6.45, 7) is 6.48. The first-order valence-electron chi connectivity index (χ1n) is 5.01. The van der Waals surface area contributed by atoms with Crippen molar-refractivity contribution < 1.29 is 0 Å². The molecule has 2 N–H and O–H groups in total. The Balaban J connectivity index is 2.90. The number of nitrogen functional groups attached to an aromatic ring is 1. The first-order valence-corrected chi connectivity index (χ1v) is 5.01. The van der Waals surface area contributed by atoms with Gasteiger partial charge in [0.25, 0.3) is 0 Å². The van der Waals surface area contributed by atoms with E-state index in [0.717, 1.165) is 5.69 Å². The maximum atomic E-state index is 5.82. The highest BCUT2D eigenvalue weighted by atomic mass is 14.6. The van der Waals surface area contributed by atoms with Gasteiger partial charge in [-0.3, -0.25) is 0 Å². The van der Waals surface area contributed by atoms with Gasteiger partial charge in [-0.2, -0.15) is 0 Å². The van der Waals surface area contributed by atoms with Crippen LogP contribution in [0.25, 0.3) is 0 Å². The van der Waals surface area contributed by atoms with Gasteiger partial charge < -0.3 is 5.73 Å². The van der Waals surface area contributed by atoms with Gasteiger partial charge in [-0.1, -0.05) is 19.4 Å². The Labute approximate surface area is 81.0 Å². The van der Waals surface area contributed by atoms with Crippen molar-refractivity contribution in [2.45, 2.75) is 40.0 Å². The summed E-state index contributed by atoms with van der Waals surface area (Å²) >= 11 is 0.